The molecule has 0 aromatic rings. The third kappa shape index (κ3) is 1.36. The van der Waals surface area contributed by atoms with Crippen LogP contribution in [0.4, 0.5) is 0 Å². The van der Waals surface area contributed by atoms with E-state index in [4.69, 9.17) is 18.9 Å². The zero-order chi connectivity index (χ0) is 20.9. The summed E-state index contributed by atoms with van der Waals surface area (Å²) in [5, 5.41) is 22.8. The molecule has 5 fully saturated rings. The highest BCUT2D eigenvalue weighted by molar-refractivity contribution is 6.00. The van der Waals surface area contributed by atoms with Gasteiger partial charge in [0.05, 0.1) is 10.8 Å². The minimum atomic E-state index is -1.83. The first kappa shape index (κ1) is 17.9. The molecule has 4 heterocycles. The van der Waals surface area contributed by atoms with Crippen LogP contribution in [0.1, 0.15) is 34.1 Å². The number of carbonyl (C=O) groups excluding carboxylic acids is 3. The van der Waals surface area contributed by atoms with Crippen LogP contribution >= 0.6 is 0 Å². The van der Waals surface area contributed by atoms with Gasteiger partial charge < -0.3 is 29.2 Å². The van der Waals surface area contributed by atoms with E-state index in [-0.39, 0.29) is 17.1 Å². The minimum absolute atomic E-state index is 0.179. The Kier molecular flexibility index (Phi) is 2.79. The maximum absolute atomic E-state index is 13.3. The van der Waals surface area contributed by atoms with Gasteiger partial charge in [-0.1, -0.05) is 20.8 Å². The lowest BCUT2D eigenvalue weighted by molar-refractivity contribution is -0.193. The molecule has 2 aliphatic carbocycles. The van der Waals surface area contributed by atoms with E-state index in [1.807, 2.05) is 20.8 Å². The van der Waals surface area contributed by atoms with Gasteiger partial charge >= 0.3 is 17.9 Å². The van der Waals surface area contributed by atoms with Crippen LogP contribution in [0.2, 0.25) is 0 Å². The lowest BCUT2D eigenvalue weighted by Gasteiger charge is -2.47. The molecule has 1 unspecified atom stereocenters. The predicted octanol–water partition coefficient (Wildman–Crippen LogP) is -0.420. The summed E-state index contributed by atoms with van der Waals surface area (Å²) in [6, 6.07) is 0. The molecule has 2 spiro atoms. The van der Waals surface area contributed by atoms with E-state index in [0.717, 1.165) is 0 Å². The van der Waals surface area contributed by atoms with Gasteiger partial charge in [-0.2, -0.15) is 0 Å². The summed E-state index contributed by atoms with van der Waals surface area (Å²) in [5.41, 5.74) is -4.76. The highest BCUT2D eigenvalue weighted by atomic mass is 16.7. The first-order valence-electron chi connectivity index (χ1n) is 9.85. The van der Waals surface area contributed by atoms with Crippen molar-refractivity contribution in [3.63, 3.8) is 0 Å². The molecule has 4 aliphatic heterocycles. The van der Waals surface area contributed by atoms with E-state index in [1.165, 1.54) is 6.92 Å². The lowest BCUT2D eigenvalue weighted by Crippen LogP contribution is -2.62. The lowest BCUT2D eigenvalue weighted by atomic mass is 9.51. The van der Waals surface area contributed by atoms with E-state index < -0.39 is 70.5 Å². The summed E-state index contributed by atoms with van der Waals surface area (Å²) >= 11 is 0. The second kappa shape index (κ2) is 4.53. The maximum atomic E-state index is 13.3. The average Bonchev–Trinajstić information content (AvgIpc) is 3.34. The van der Waals surface area contributed by atoms with Gasteiger partial charge in [0, 0.05) is 11.1 Å². The van der Waals surface area contributed by atoms with Crippen LogP contribution in [0.3, 0.4) is 0 Å². The highest BCUT2D eigenvalue weighted by Gasteiger charge is 2.99. The van der Waals surface area contributed by atoms with Gasteiger partial charge in [-0.15, -0.1) is 0 Å². The summed E-state index contributed by atoms with van der Waals surface area (Å²) in [6.45, 7) is 7.41. The molecule has 0 aromatic carbocycles. The Morgan fingerprint density at radius 3 is 2.41 bits per heavy atom. The van der Waals surface area contributed by atoms with Crippen LogP contribution in [0.15, 0.2) is 11.1 Å². The topological polar surface area (TPSA) is 129 Å². The zero-order valence-corrected chi connectivity index (χ0v) is 16.4. The minimum Gasteiger partial charge on any atom is -0.459 e. The quantitative estimate of drug-likeness (QED) is 0.407. The monoisotopic (exact) mass is 406 g/mol. The number of hydrogen-bond donors (Lipinski definition) is 2. The van der Waals surface area contributed by atoms with E-state index in [2.05, 4.69) is 0 Å². The van der Waals surface area contributed by atoms with Crippen molar-refractivity contribution < 1.29 is 43.5 Å². The van der Waals surface area contributed by atoms with Crippen LogP contribution in [0.25, 0.3) is 0 Å². The molecule has 0 bridgehead atoms. The molecule has 29 heavy (non-hydrogen) atoms. The van der Waals surface area contributed by atoms with Crippen molar-refractivity contribution in [2.24, 2.45) is 22.2 Å². The van der Waals surface area contributed by atoms with Crippen LogP contribution in [-0.4, -0.2) is 64.4 Å². The van der Waals surface area contributed by atoms with Gasteiger partial charge in [-0.25, -0.2) is 14.4 Å². The molecule has 2 saturated carbocycles. The number of rotatable bonds is 0. The molecule has 3 saturated heterocycles. The Bertz CT molecular complexity index is 946. The Hall–Kier alpha value is -1.97. The molecule has 9 heteroatoms. The SMILES string of the molecule is CC1=C2[C@@H](OC1=O)[C@H](O)[C@@]13[C@H]4C[C@@H](C(C)(C)C)C15[C@@H](OC(=O)[C@@H]5O)O[C@@]23C(=O)O4. The van der Waals surface area contributed by atoms with Gasteiger partial charge in [0.15, 0.2) is 12.2 Å². The Morgan fingerprint density at radius 1 is 1.07 bits per heavy atom. The molecule has 0 aromatic heterocycles. The maximum Gasteiger partial charge on any atom is 0.344 e. The zero-order valence-electron chi connectivity index (χ0n) is 16.4. The van der Waals surface area contributed by atoms with Crippen molar-refractivity contribution in [2.45, 2.75) is 70.4 Å². The fourth-order valence-corrected chi connectivity index (χ4v) is 7.64. The second-order valence-corrected chi connectivity index (χ2v) is 10.1. The number of aliphatic hydroxyl groups is 2. The number of hydrogen-bond acceptors (Lipinski definition) is 9. The molecule has 6 aliphatic rings. The molecular weight excluding hydrogens is 384 g/mol. The first-order valence-corrected chi connectivity index (χ1v) is 9.85. The van der Waals surface area contributed by atoms with E-state index >= 15 is 0 Å². The molecule has 6 rings (SSSR count). The number of ether oxygens (including phenoxy) is 4. The van der Waals surface area contributed by atoms with Crippen molar-refractivity contribution in [3.8, 4) is 0 Å². The van der Waals surface area contributed by atoms with E-state index in [0.29, 0.717) is 6.42 Å². The largest absolute Gasteiger partial charge is 0.459 e. The summed E-state index contributed by atoms with van der Waals surface area (Å²) in [7, 11) is 0. The normalized spacial score (nSPS) is 54.2. The third-order valence-electron chi connectivity index (χ3n) is 8.35. The number of carbonyl (C=O) groups is 3. The van der Waals surface area contributed by atoms with Crippen molar-refractivity contribution >= 4 is 17.9 Å². The average molecular weight is 406 g/mol. The van der Waals surface area contributed by atoms with Crippen LogP contribution in [0.5, 0.6) is 0 Å². The van der Waals surface area contributed by atoms with Crippen molar-refractivity contribution in [1.82, 2.24) is 0 Å². The molecule has 2 N–H and O–H groups in total. The van der Waals surface area contributed by atoms with Crippen LogP contribution in [-0.2, 0) is 33.3 Å². The third-order valence-corrected chi connectivity index (χ3v) is 8.35. The van der Waals surface area contributed by atoms with Crippen molar-refractivity contribution in [2.75, 3.05) is 0 Å². The van der Waals surface area contributed by atoms with Crippen molar-refractivity contribution in [1.29, 1.82) is 0 Å². The predicted molar refractivity (Wildman–Crippen MR) is 90.6 cm³/mol. The standard InChI is InChI=1S/C20H22O9/c1-6-9-10(27-13(6)23)11(21)19-8-5-7(17(2,3)4)18(19)12(22)14(24)28-16(18)29-20(9,19)15(25)26-8/h7-8,10-12,16,21-22H,5H2,1-4H3/t7-,8+,10+,11-,12-,16-,18?,19-,20+/m0/s1. The van der Waals surface area contributed by atoms with Gasteiger partial charge in [-0.05, 0) is 24.7 Å². The van der Waals surface area contributed by atoms with Gasteiger partial charge in [0.2, 0.25) is 11.9 Å². The highest BCUT2D eigenvalue weighted by Crippen LogP contribution is 2.83. The Labute approximate surface area is 165 Å². The van der Waals surface area contributed by atoms with Gasteiger partial charge in [0.1, 0.15) is 12.2 Å². The number of aliphatic hydroxyl groups excluding tert-OH is 2. The Morgan fingerprint density at radius 2 is 1.76 bits per heavy atom. The molecule has 0 amide bonds. The number of fused-ring (bicyclic) bond motifs is 1. The summed E-state index contributed by atoms with van der Waals surface area (Å²) < 4.78 is 22.8. The summed E-state index contributed by atoms with van der Waals surface area (Å²) in [5.74, 6) is -2.59. The number of esters is 3. The molecule has 156 valence electrons. The molecule has 0 radical (unpaired) electrons. The van der Waals surface area contributed by atoms with Gasteiger partial charge in [0.25, 0.3) is 0 Å². The molecule has 9 nitrogen and oxygen atoms in total. The summed E-state index contributed by atoms with van der Waals surface area (Å²) in [6.07, 6.45) is -5.81. The van der Waals surface area contributed by atoms with E-state index in [9.17, 15) is 24.6 Å². The molecule has 9 atom stereocenters. The van der Waals surface area contributed by atoms with Crippen LogP contribution < -0.4 is 0 Å². The van der Waals surface area contributed by atoms with Gasteiger partial charge in [-0.3, -0.25) is 0 Å². The fourth-order valence-electron chi connectivity index (χ4n) is 7.64. The smallest absolute Gasteiger partial charge is 0.344 e. The van der Waals surface area contributed by atoms with E-state index in [1.54, 1.807) is 0 Å². The fraction of sp³-hybridized carbons (Fsp3) is 0.750. The van der Waals surface area contributed by atoms with Crippen molar-refractivity contribution in [3.05, 3.63) is 11.1 Å². The Balaban J connectivity index is 1.73. The van der Waals surface area contributed by atoms with Crippen LogP contribution in [0, 0.1) is 22.2 Å². The summed E-state index contributed by atoms with van der Waals surface area (Å²) in [4.78, 5) is 38.0. The molecular formula is C20H22O9. The first-order chi connectivity index (χ1) is 13.5. The second-order valence-electron chi connectivity index (χ2n) is 10.1.